The summed E-state index contributed by atoms with van der Waals surface area (Å²) in [4.78, 5) is 28.4. The number of pyridine rings is 1. The van der Waals surface area contributed by atoms with Crippen molar-refractivity contribution in [3.63, 3.8) is 0 Å². The number of carbonyl (C=O) groups is 2. The molecule has 0 saturated heterocycles. The van der Waals surface area contributed by atoms with Crippen LogP contribution in [0.4, 0.5) is 10.1 Å². The van der Waals surface area contributed by atoms with E-state index in [4.69, 9.17) is 16.3 Å². The highest BCUT2D eigenvalue weighted by molar-refractivity contribution is 6.39. The Kier molecular flexibility index (Phi) is 5.56. The fourth-order valence-corrected chi connectivity index (χ4v) is 2.58. The van der Waals surface area contributed by atoms with Gasteiger partial charge >= 0.3 is 11.8 Å². The molecule has 3 rings (SSSR count). The molecular weight excluding hydrogens is 375 g/mol. The van der Waals surface area contributed by atoms with Crippen LogP contribution in [0.1, 0.15) is 12.6 Å². The van der Waals surface area contributed by atoms with E-state index in [1.54, 1.807) is 35.9 Å². The number of hydrogen-bond acceptors (Lipinski definition) is 4. The summed E-state index contributed by atoms with van der Waals surface area (Å²) in [6.07, 6.45) is 3.39. The molecule has 2 N–H and O–H groups in total. The number of halogens is 2. The van der Waals surface area contributed by atoms with Gasteiger partial charge in [0.05, 0.1) is 29.6 Å². The van der Waals surface area contributed by atoms with E-state index in [1.165, 1.54) is 6.07 Å². The maximum atomic E-state index is 13.3. The molecule has 0 fully saturated rings. The second-order valence-corrected chi connectivity index (χ2v) is 5.99. The van der Waals surface area contributed by atoms with Gasteiger partial charge in [-0.15, -0.1) is 0 Å². The normalized spacial score (nSPS) is 10.6. The Labute approximate surface area is 159 Å². The van der Waals surface area contributed by atoms with Crippen LogP contribution in [0.2, 0.25) is 5.02 Å². The van der Waals surface area contributed by atoms with Crippen LogP contribution in [0.25, 0.3) is 5.65 Å². The first-order valence-corrected chi connectivity index (χ1v) is 8.48. The van der Waals surface area contributed by atoms with Crippen LogP contribution < -0.4 is 15.4 Å². The summed E-state index contributed by atoms with van der Waals surface area (Å²) >= 11 is 5.91. The van der Waals surface area contributed by atoms with Gasteiger partial charge in [-0.3, -0.25) is 9.59 Å². The monoisotopic (exact) mass is 390 g/mol. The van der Waals surface area contributed by atoms with Crippen molar-refractivity contribution >= 4 is 34.7 Å². The van der Waals surface area contributed by atoms with Crippen molar-refractivity contribution in [1.82, 2.24) is 14.7 Å². The molecule has 0 radical (unpaired) electrons. The van der Waals surface area contributed by atoms with Crippen molar-refractivity contribution in [3.05, 3.63) is 59.3 Å². The fraction of sp³-hybridized carbons (Fsp3) is 0.167. The highest BCUT2D eigenvalue weighted by Crippen LogP contribution is 2.25. The molecule has 0 bridgehead atoms. The maximum absolute atomic E-state index is 13.3. The molecule has 0 unspecified atom stereocenters. The molecule has 2 amide bonds. The quantitative estimate of drug-likeness (QED) is 0.656. The topological polar surface area (TPSA) is 84.7 Å². The summed E-state index contributed by atoms with van der Waals surface area (Å²) in [6.45, 7) is 2.08. The summed E-state index contributed by atoms with van der Waals surface area (Å²) in [6, 6.07) is 7.08. The van der Waals surface area contributed by atoms with Crippen LogP contribution in [0, 0.1) is 5.82 Å². The van der Waals surface area contributed by atoms with Crippen LogP contribution in [0.3, 0.4) is 0 Å². The van der Waals surface area contributed by atoms with Crippen molar-refractivity contribution in [2.24, 2.45) is 0 Å². The average molecular weight is 391 g/mol. The number of ether oxygens (including phenoxy) is 1. The standard InChI is InChI=1S/C18H16ClFN4O3/c1-2-27-15-7-12(20)4-5-14(15)23-18(26)17(25)21-8-13-10-24-9-11(19)3-6-16(24)22-13/h3-7,9-10H,2,8H2,1H3,(H,21,25)(H,23,26). The van der Waals surface area contributed by atoms with E-state index in [0.717, 1.165) is 12.1 Å². The van der Waals surface area contributed by atoms with Crippen molar-refractivity contribution in [2.45, 2.75) is 13.5 Å². The van der Waals surface area contributed by atoms with Gasteiger partial charge in [0.15, 0.2) is 0 Å². The molecule has 2 aromatic heterocycles. The van der Waals surface area contributed by atoms with Crippen molar-refractivity contribution in [1.29, 1.82) is 0 Å². The first-order valence-electron chi connectivity index (χ1n) is 8.11. The number of nitrogens with zero attached hydrogens (tertiary/aromatic N) is 2. The number of benzene rings is 1. The number of imidazole rings is 1. The van der Waals surface area contributed by atoms with Crippen LogP contribution in [0.5, 0.6) is 5.75 Å². The number of nitrogens with one attached hydrogen (secondary N) is 2. The van der Waals surface area contributed by atoms with Gasteiger partial charge in [0, 0.05) is 18.5 Å². The largest absolute Gasteiger partial charge is 0.492 e. The van der Waals surface area contributed by atoms with E-state index >= 15 is 0 Å². The molecule has 0 atom stereocenters. The molecule has 7 nitrogen and oxygen atoms in total. The van der Waals surface area contributed by atoms with Crippen LogP contribution in [0.15, 0.2) is 42.7 Å². The molecular formula is C18H16ClFN4O3. The lowest BCUT2D eigenvalue weighted by Crippen LogP contribution is -2.35. The number of amides is 2. The summed E-state index contributed by atoms with van der Waals surface area (Å²) in [5.74, 6) is -2.10. The van der Waals surface area contributed by atoms with Gasteiger partial charge in [-0.1, -0.05) is 11.6 Å². The van der Waals surface area contributed by atoms with Gasteiger partial charge < -0.3 is 19.8 Å². The average Bonchev–Trinajstić information content (AvgIpc) is 3.04. The Bertz CT molecular complexity index is 1010. The van der Waals surface area contributed by atoms with Gasteiger partial charge in [-0.05, 0) is 31.2 Å². The van der Waals surface area contributed by atoms with E-state index in [0.29, 0.717) is 16.4 Å². The molecule has 1 aromatic carbocycles. The van der Waals surface area contributed by atoms with E-state index in [9.17, 15) is 14.0 Å². The van der Waals surface area contributed by atoms with Crippen molar-refractivity contribution in [3.8, 4) is 5.75 Å². The molecule has 0 aliphatic heterocycles. The summed E-state index contributed by atoms with van der Waals surface area (Å²) in [5, 5.41) is 5.44. The molecule has 0 aliphatic carbocycles. The number of aromatic nitrogens is 2. The minimum atomic E-state index is -0.894. The number of carbonyl (C=O) groups excluding carboxylic acids is 2. The van der Waals surface area contributed by atoms with Gasteiger partial charge in [0.1, 0.15) is 17.2 Å². The zero-order valence-corrected chi connectivity index (χ0v) is 15.1. The SMILES string of the molecule is CCOc1cc(F)ccc1NC(=O)C(=O)NCc1cn2cc(Cl)ccc2n1. The Balaban J connectivity index is 1.63. The summed E-state index contributed by atoms with van der Waals surface area (Å²) in [7, 11) is 0. The zero-order chi connectivity index (χ0) is 19.4. The molecule has 3 aromatic rings. The van der Waals surface area contributed by atoms with E-state index < -0.39 is 17.6 Å². The molecule has 0 saturated carbocycles. The predicted octanol–water partition coefficient (Wildman–Crippen LogP) is 2.78. The van der Waals surface area contributed by atoms with Crippen LogP contribution >= 0.6 is 11.6 Å². The zero-order valence-electron chi connectivity index (χ0n) is 14.3. The highest BCUT2D eigenvalue weighted by atomic mass is 35.5. The Hall–Kier alpha value is -3.13. The van der Waals surface area contributed by atoms with E-state index in [2.05, 4.69) is 15.6 Å². The third-order valence-electron chi connectivity index (χ3n) is 3.59. The lowest BCUT2D eigenvalue weighted by Gasteiger charge is -2.11. The molecule has 0 aliphatic rings. The van der Waals surface area contributed by atoms with Crippen molar-refractivity contribution < 1.29 is 18.7 Å². The Morgan fingerprint density at radius 2 is 2.04 bits per heavy atom. The summed E-state index contributed by atoms with van der Waals surface area (Å²) in [5.41, 5.74) is 1.44. The minimum absolute atomic E-state index is 0.0628. The molecule has 2 heterocycles. The van der Waals surface area contributed by atoms with Crippen LogP contribution in [-0.4, -0.2) is 27.8 Å². The Morgan fingerprint density at radius 1 is 1.22 bits per heavy atom. The molecule has 27 heavy (non-hydrogen) atoms. The van der Waals surface area contributed by atoms with Crippen LogP contribution in [-0.2, 0) is 16.1 Å². The van der Waals surface area contributed by atoms with Crippen molar-refractivity contribution in [2.75, 3.05) is 11.9 Å². The Morgan fingerprint density at radius 3 is 2.81 bits per heavy atom. The van der Waals surface area contributed by atoms with Gasteiger partial charge in [0.2, 0.25) is 0 Å². The highest BCUT2D eigenvalue weighted by Gasteiger charge is 2.16. The van der Waals surface area contributed by atoms with Gasteiger partial charge in [-0.25, -0.2) is 9.37 Å². The number of anilines is 1. The first-order chi connectivity index (χ1) is 13.0. The molecule has 0 spiro atoms. The van der Waals surface area contributed by atoms with Gasteiger partial charge in [-0.2, -0.15) is 0 Å². The summed E-state index contributed by atoms with van der Waals surface area (Å²) < 4.78 is 20.3. The van der Waals surface area contributed by atoms with Gasteiger partial charge in [0.25, 0.3) is 0 Å². The smallest absolute Gasteiger partial charge is 0.313 e. The van der Waals surface area contributed by atoms with E-state index in [-0.39, 0.29) is 24.6 Å². The maximum Gasteiger partial charge on any atom is 0.313 e. The molecule has 9 heteroatoms. The first kappa shape index (κ1) is 18.7. The molecule has 140 valence electrons. The third kappa shape index (κ3) is 4.53. The second kappa shape index (κ2) is 8.05. The fourth-order valence-electron chi connectivity index (χ4n) is 2.41. The lowest BCUT2D eigenvalue weighted by atomic mass is 10.2. The second-order valence-electron chi connectivity index (χ2n) is 5.56. The number of rotatable bonds is 5. The number of hydrogen-bond donors (Lipinski definition) is 2. The predicted molar refractivity (Wildman–Crippen MR) is 98.2 cm³/mol. The number of fused-ring (bicyclic) bond motifs is 1. The third-order valence-corrected chi connectivity index (χ3v) is 3.82. The lowest BCUT2D eigenvalue weighted by molar-refractivity contribution is -0.136. The van der Waals surface area contributed by atoms with E-state index in [1.807, 2.05) is 0 Å². The minimum Gasteiger partial charge on any atom is -0.492 e.